The maximum atomic E-state index is 5.23. The summed E-state index contributed by atoms with van der Waals surface area (Å²) in [5, 5.41) is 10.4. The fourth-order valence-corrected chi connectivity index (χ4v) is 4.05. The van der Waals surface area contributed by atoms with E-state index in [4.69, 9.17) is 19.7 Å². The van der Waals surface area contributed by atoms with Gasteiger partial charge in [0.15, 0.2) is 5.82 Å². The van der Waals surface area contributed by atoms with Crippen LogP contribution in [0.4, 0.5) is 17.7 Å². The molecule has 0 spiro atoms. The van der Waals surface area contributed by atoms with Crippen molar-refractivity contribution < 1.29 is 4.74 Å². The molecule has 0 unspecified atom stereocenters. The predicted molar refractivity (Wildman–Crippen MR) is 135 cm³/mol. The van der Waals surface area contributed by atoms with Crippen molar-refractivity contribution in [3.63, 3.8) is 0 Å². The van der Waals surface area contributed by atoms with Crippen molar-refractivity contribution >= 4 is 17.7 Å². The Morgan fingerprint density at radius 2 is 1.44 bits per heavy atom. The van der Waals surface area contributed by atoms with Crippen LogP contribution in [0.1, 0.15) is 45.1 Å². The summed E-state index contributed by atoms with van der Waals surface area (Å²) in [6.07, 6.45) is 5.05. The highest BCUT2D eigenvalue weighted by molar-refractivity contribution is 5.57. The molecule has 0 aliphatic heterocycles. The van der Waals surface area contributed by atoms with Crippen LogP contribution in [0.15, 0.2) is 42.5 Å². The van der Waals surface area contributed by atoms with Gasteiger partial charge in [0.1, 0.15) is 17.3 Å². The first-order valence-electron chi connectivity index (χ1n) is 12.2. The fourth-order valence-electron chi connectivity index (χ4n) is 4.05. The minimum atomic E-state index is 0.342. The summed E-state index contributed by atoms with van der Waals surface area (Å²) in [5.74, 6) is 4.80. The van der Waals surface area contributed by atoms with Crippen LogP contribution in [-0.2, 0) is 6.54 Å². The van der Waals surface area contributed by atoms with E-state index < -0.39 is 0 Å². The summed E-state index contributed by atoms with van der Waals surface area (Å²) in [5.41, 5.74) is 1.86. The Hall–Kier alpha value is -3.42. The van der Waals surface area contributed by atoms with Crippen LogP contribution in [0.25, 0.3) is 11.5 Å². The molecule has 2 fully saturated rings. The minimum absolute atomic E-state index is 0.342. The maximum absolute atomic E-state index is 5.23. The molecule has 2 atom stereocenters. The molecule has 0 bridgehead atoms. The summed E-state index contributed by atoms with van der Waals surface area (Å²) < 4.78 is 5.23. The van der Waals surface area contributed by atoms with Gasteiger partial charge in [0.2, 0.25) is 11.9 Å². The van der Waals surface area contributed by atoms with Crippen LogP contribution in [0.2, 0.25) is 0 Å². The van der Waals surface area contributed by atoms with Crippen molar-refractivity contribution in [1.29, 1.82) is 0 Å². The van der Waals surface area contributed by atoms with Gasteiger partial charge >= 0.3 is 0 Å². The van der Waals surface area contributed by atoms with Crippen molar-refractivity contribution in [3.8, 4) is 17.3 Å². The van der Waals surface area contributed by atoms with Crippen LogP contribution >= 0.6 is 0 Å². The molecule has 178 valence electrons. The van der Waals surface area contributed by atoms with E-state index in [1.807, 2.05) is 42.5 Å². The minimum Gasteiger partial charge on any atom is -0.497 e. The van der Waals surface area contributed by atoms with Gasteiger partial charge in [-0.1, -0.05) is 18.2 Å². The molecule has 0 saturated heterocycles. The second-order valence-corrected chi connectivity index (χ2v) is 9.46. The van der Waals surface area contributed by atoms with Gasteiger partial charge in [-0.15, -0.1) is 0 Å². The molecule has 2 saturated carbocycles. The molecule has 2 heterocycles. The van der Waals surface area contributed by atoms with E-state index in [0.717, 1.165) is 17.1 Å². The lowest BCUT2D eigenvalue weighted by Crippen LogP contribution is -2.23. The molecule has 3 aromatic rings. The zero-order chi connectivity index (χ0) is 23.5. The van der Waals surface area contributed by atoms with E-state index in [0.29, 0.717) is 53.9 Å². The zero-order valence-electron chi connectivity index (χ0n) is 20.1. The van der Waals surface area contributed by atoms with Gasteiger partial charge in [-0.2, -0.15) is 15.0 Å². The molecule has 8 heteroatoms. The molecule has 2 aliphatic carbocycles. The fraction of sp³-hybridized carbons (Fsp3) is 0.462. The predicted octanol–water partition coefficient (Wildman–Crippen LogP) is 4.98. The number of methoxy groups -OCH3 is 1. The van der Waals surface area contributed by atoms with Gasteiger partial charge < -0.3 is 20.7 Å². The van der Waals surface area contributed by atoms with E-state index in [2.05, 4.69) is 34.8 Å². The molecule has 0 radical (unpaired) electrons. The SMILES string of the molecule is COc1ccc(CNc2cccc(-c3nc(N[C@H](C)C4CC4)nc(N[C@H](C)C4CC4)n3)n2)cc1. The highest BCUT2D eigenvalue weighted by Crippen LogP contribution is 2.35. The third-order valence-electron chi connectivity index (χ3n) is 6.62. The largest absolute Gasteiger partial charge is 0.497 e. The van der Waals surface area contributed by atoms with Gasteiger partial charge in [-0.05, 0) is 81.2 Å². The Kier molecular flexibility index (Phi) is 6.47. The maximum Gasteiger partial charge on any atom is 0.228 e. The zero-order valence-corrected chi connectivity index (χ0v) is 20.1. The van der Waals surface area contributed by atoms with Gasteiger partial charge in [-0.3, -0.25) is 0 Å². The van der Waals surface area contributed by atoms with Gasteiger partial charge in [-0.25, -0.2) is 4.98 Å². The highest BCUT2D eigenvalue weighted by Gasteiger charge is 2.30. The average molecular weight is 460 g/mol. The number of pyridine rings is 1. The second kappa shape index (κ2) is 9.83. The lowest BCUT2D eigenvalue weighted by atomic mass is 10.2. The Balaban J connectivity index is 1.35. The molecule has 2 aliphatic rings. The summed E-state index contributed by atoms with van der Waals surface area (Å²) >= 11 is 0. The molecular formula is C26H33N7O. The second-order valence-electron chi connectivity index (χ2n) is 9.46. The van der Waals surface area contributed by atoms with Crippen LogP contribution in [0.3, 0.4) is 0 Å². The number of nitrogens with one attached hydrogen (secondary N) is 3. The summed E-state index contributed by atoms with van der Waals surface area (Å²) in [4.78, 5) is 18.9. The molecule has 1 aromatic carbocycles. The first-order chi connectivity index (χ1) is 16.6. The molecular weight excluding hydrogens is 426 g/mol. The van der Waals surface area contributed by atoms with Crippen molar-refractivity contribution in [2.75, 3.05) is 23.1 Å². The number of aromatic nitrogens is 4. The molecule has 8 nitrogen and oxygen atoms in total. The topological polar surface area (TPSA) is 96.9 Å². The first-order valence-corrected chi connectivity index (χ1v) is 12.2. The molecule has 3 N–H and O–H groups in total. The van der Waals surface area contributed by atoms with Crippen LogP contribution in [0.5, 0.6) is 5.75 Å². The summed E-state index contributed by atoms with van der Waals surface area (Å²) in [7, 11) is 1.67. The molecule has 34 heavy (non-hydrogen) atoms. The Morgan fingerprint density at radius 1 is 0.824 bits per heavy atom. The Bertz CT molecular complexity index is 1070. The van der Waals surface area contributed by atoms with Gasteiger partial charge in [0.05, 0.1) is 7.11 Å². The summed E-state index contributed by atoms with van der Waals surface area (Å²) in [6.45, 7) is 5.06. The number of anilines is 3. The third kappa shape index (κ3) is 5.73. The number of rotatable bonds is 11. The quantitative estimate of drug-likeness (QED) is 0.370. The van der Waals surface area contributed by atoms with E-state index >= 15 is 0 Å². The average Bonchev–Trinajstić information content (AvgIpc) is 3.76. The van der Waals surface area contributed by atoms with Crippen molar-refractivity contribution in [3.05, 3.63) is 48.0 Å². The summed E-state index contributed by atoms with van der Waals surface area (Å²) in [6, 6.07) is 14.6. The van der Waals surface area contributed by atoms with Crippen LogP contribution in [0, 0.1) is 11.8 Å². The monoisotopic (exact) mass is 459 g/mol. The molecule has 2 aromatic heterocycles. The van der Waals surface area contributed by atoms with Crippen LogP contribution < -0.4 is 20.7 Å². The number of hydrogen-bond donors (Lipinski definition) is 3. The molecule has 5 rings (SSSR count). The first kappa shape index (κ1) is 22.4. The highest BCUT2D eigenvalue weighted by atomic mass is 16.5. The van der Waals surface area contributed by atoms with E-state index in [1.165, 1.54) is 25.7 Å². The van der Waals surface area contributed by atoms with Gasteiger partial charge in [0, 0.05) is 18.6 Å². The standard InChI is InChI=1S/C26H33N7O/c1-16(19-9-10-19)28-25-31-24(32-26(33-25)29-17(2)20-11-12-20)22-5-4-6-23(30-22)27-15-18-7-13-21(34-3)14-8-18/h4-8,13-14,16-17,19-20H,9-12,15H2,1-3H3,(H,27,30)(H2,28,29,31,32,33)/t16-,17-/m1/s1. The number of nitrogens with zero attached hydrogens (tertiary/aromatic N) is 4. The Labute approximate surface area is 201 Å². The Morgan fingerprint density at radius 3 is 2.00 bits per heavy atom. The van der Waals surface area contributed by atoms with Crippen molar-refractivity contribution in [2.24, 2.45) is 11.8 Å². The van der Waals surface area contributed by atoms with Crippen LogP contribution in [-0.4, -0.2) is 39.1 Å². The van der Waals surface area contributed by atoms with E-state index in [-0.39, 0.29) is 0 Å². The van der Waals surface area contributed by atoms with E-state index in [1.54, 1.807) is 7.11 Å². The molecule has 0 amide bonds. The van der Waals surface area contributed by atoms with Gasteiger partial charge in [0.25, 0.3) is 0 Å². The number of benzene rings is 1. The normalized spacial score (nSPS) is 17.0. The third-order valence-corrected chi connectivity index (χ3v) is 6.62. The lowest BCUT2D eigenvalue weighted by Gasteiger charge is -2.17. The van der Waals surface area contributed by atoms with E-state index in [9.17, 15) is 0 Å². The van der Waals surface area contributed by atoms with Crippen molar-refractivity contribution in [1.82, 2.24) is 19.9 Å². The number of ether oxygens (including phenoxy) is 1. The lowest BCUT2D eigenvalue weighted by molar-refractivity contribution is 0.414. The smallest absolute Gasteiger partial charge is 0.228 e. The van der Waals surface area contributed by atoms with Crippen molar-refractivity contribution in [2.45, 2.75) is 58.2 Å². The number of hydrogen-bond acceptors (Lipinski definition) is 8.